The average molecular weight is 358 g/mol. The number of aromatic nitrogens is 2. The van der Waals surface area contributed by atoms with Crippen LogP contribution in [0, 0.1) is 0 Å². The van der Waals surface area contributed by atoms with Gasteiger partial charge in [0, 0.05) is 35.9 Å². The minimum atomic E-state index is -4.35. The number of nitrogens with zero attached hydrogens (tertiary/aromatic N) is 2. The first kappa shape index (κ1) is 16.8. The number of halogens is 3. The summed E-state index contributed by atoms with van der Waals surface area (Å²) < 4.78 is 38.4. The molecule has 1 saturated heterocycles. The van der Waals surface area contributed by atoms with Crippen molar-refractivity contribution in [1.29, 1.82) is 0 Å². The maximum absolute atomic E-state index is 12.8. The highest BCUT2D eigenvalue weighted by atomic mass is 19.4. The third kappa shape index (κ3) is 3.22. The Labute approximate surface area is 148 Å². The lowest BCUT2D eigenvalue weighted by molar-refractivity contribution is -0.137. The molecule has 0 radical (unpaired) electrons. The fourth-order valence-corrected chi connectivity index (χ4v) is 3.21. The molecule has 0 aliphatic carbocycles. The number of rotatable bonds is 3. The third-order valence-electron chi connectivity index (χ3n) is 4.57. The molecule has 3 heterocycles. The predicted molar refractivity (Wildman–Crippen MR) is 94.9 cm³/mol. The van der Waals surface area contributed by atoms with Gasteiger partial charge in [-0.15, -0.1) is 0 Å². The molecule has 1 aliphatic heterocycles. The smallest absolute Gasteiger partial charge is 0.365 e. The summed E-state index contributed by atoms with van der Waals surface area (Å²) in [4.78, 5) is 8.96. The van der Waals surface area contributed by atoms with Crippen LogP contribution in [0.2, 0.25) is 0 Å². The molecule has 0 spiro atoms. The van der Waals surface area contributed by atoms with Crippen LogP contribution in [-0.4, -0.2) is 29.1 Å². The van der Waals surface area contributed by atoms with Crippen LogP contribution in [0.5, 0.6) is 0 Å². The minimum absolute atomic E-state index is 0.308. The first-order valence-electron chi connectivity index (χ1n) is 8.41. The Morgan fingerprint density at radius 3 is 2.58 bits per heavy atom. The van der Waals surface area contributed by atoms with Crippen molar-refractivity contribution >= 4 is 16.7 Å². The van der Waals surface area contributed by atoms with Crippen molar-refractivity contribution in [3.63, 3.8) is 0 Å². The molecule has 4 rings (SSSR count). The van der Waals surface area contributed by atoms with Crippen molar-refractivity contribution in [1.82, 2.24) is 15.3 Å². The van der Waals surface area contributed by atoms with Gasteiger partial charge >= 0.3 is 6.18 Å². The number of pyridine rings is 2. The molecule has 2 aromatic heterocycles. The Balaban J connectivity index is 1.74. The lowest BCUT2D eigenvalue weighted by atomic mass is 10.0. The van der Waals surface area contributed by atoms with E-state index in [1.54, 1.807) is 12.4 Å². The summed E-state index contributed by atoms with van der Waals surface area (Å²) in [5.41, 5.74) is 1.42. The van der Waals surface area contributed by atoms with Gasteiger partial charge in [-0.3, -0.25) is 4.98 Å². The monoisotopic (exact) mass is 358 g/mol. The number of alkyl halides is 3. The van der Waals surface area contributed by atoms with Crippen molar-refractivity contribution in [3.8, 4) is 11.1 Å². The van der Waals surface area contributed by atoms with E-state index in [0.29, 0.717) is 17.2 Å². The Bertz CT molecular complexity index is 916. The van der Waals surface area contributed by atoms with E-state index in [1.807, 2.05) is 12.1 Å². The molecule has 0 amide bonds. The van der Waals surface area contributed by atoms with Gasteiger partial charge in [0.1, 0.15) is 5.82 Å². The van der Waals surface area contributed by atoms with Gasteiger partial charge < -0.3 is 10.6 Å². The van der Waals surface area contributed by atoms with E-state index in [9.17, 15) is 13.2 Å². The van der Waals surface area contributed by atoms with Crippen LogP contribution in [-0.2, 0) is 6.18 Å². The molecular formula is C19H17F3N4. The fourth-order valence-electron chi connectivity index (χ4n) is 3.21. The number of fused-ring (bicyclic) bond motifs is 1. The molecule has 0 bridgehead atoms. The fraction of sp³-hybridized carbons (Fsp3) is 0.263. The molecule has 1 fully saturated rings. The van der Waals surface area contributed by atoms with Gasteiger partial charge in [-0.25, -0.2) is 4.98 Å². The zero-order chi connectivity index (χ0) is 18.1. The highest BCUT2D eigenvalue weighted by Crippen LogP contribution is 2.34. The highest BCUT2D eigenvalue weighted by Gasteiger charge is 2.30. The van der Waals surface area contributed by atoms with Gasteiger partial charge in [0.15, 0.2) is 0 Å². The molecule has 4 nitrogen and oxygen atoms in total. The van der Waals surface area contributed by atoms with E-state index in [1.165, 1.54) is 12.1 Å². The average Bonchev–Trinajstić information content (AvgIpc) is 3.15. The number of nitrogens with one attached hydrogen (secondary N) is 2. The molecular weight excluding hydrogens is 341 g/mol. The Hall–Kier alpha value is -2.67. The molecule has 1 aromatic carbocycles. The summed E-state index contributed by atoms with van der Waals surface area (Å²) in [6.45, 7) is 1.85. The highest BCUT2D eigenvalue weighted by molar-refractivity contribution is 5.99. The van der Waals surface area contributed by atoms with Gasteiger partial charge in [-0.1, -0.05) is 12.1 Å². The molecule has 2 N–H and O–H groups in total. The second kappa shape index (κ2) is 6.57. The van der Waals surface area contributed by atoms with Gasteiger partial charge in [0.25, 0.3) is 0 Å². The van der Waals surface area contributed by atoms with Crippen LogP contribution < -0.4 is 10.6 Å². The summed E-state index contributed by atoms with van der Waals surface area (Å²) in [7, 11) is 0. The van der Waals surface area contributed by atoms with Crippen LogP contribution >= 0.6 is 0 Å². The van der Waals surface area contributed by atoms with Crippen LogP contribution in [0.4, 0.5) is 19.0 Å². The van der Waals surface area contributed by atoms with Crippen molar-refractivity contribution < 1.29 is 13.2 Å². The molecule has 26 heavy (non-hydrogen) atoms. The molecule has 3 aromatic rings. The van der Waals surface area contributed by atoms with Crippen LogP contribution in [0.3, 0.4) is 0 Å². The number of hydrogen-bond acceptors (Lipinski definition) is 4. The summed E-state index contributed by atoms with van der Waals surface area (Å²) >= 11 is 0. The molecule has 7 heteroatoms. The van der Waals surface area contributed by atoms with Crippen molar-refractivity contribution in [2.75, 3.05) is 18.4 Å². The summed E-state index contributed by atoms with van der Waals surface area (Å²) in [5, 5.41) is 7.58. The van der Waals surface area contributed by atoms with Gasteiger partial charge in [0.2, 0.25) is 0 Å². The largest absolute Gasteiger partial charge is 0.416 e. The van der Waals surface area contributed by atoms with Gasteiger partial charge in [0.05, 0.1) is 11.1 Å². The van der Waals surface area contributed by atoms with E-state index in [-0.39, 0.29) is 0 Å². The number of hydrogen-bond donors (Lipinski definition) is 2. The maximum Gasteiger partial charge on any atom is 0.416 e. The van der Waals surface area contributed by atoms with E-state index in [4.69, 9.17) is 0 Å². The van der Waals surface area contributed by atoms with E-state index < -0.39 is 11.7 Å². The molecule has 0 saturated carbocycles. The van der Waals surface area contributed by atoms with E-state index in [2.05, 4.69) is 20.6 Å². The van der Waals surface area contributed by atoms with Crippen LogP contribution in [0.15, 0.2) is 48.8 Å². The standard InChI is InChI=1S/C19H17F3N4/c20-19(21,22)13-5-3-12(4-6-13)16-11-25-18(26-14-7-9-23-10-14)15-2-1-8-24-17(15)16/h1-6,8,11,14,23H,7,9-10H2,(H,25,26)/t14-/m0/s1. The quantitative estimate of drug-likeness (QED) is 0.740. The van der Waals surface area contributed by atoms with Crippen molar-refractivity contribution in [3.05, 3.63) is 54.4 Å². The summed E-state index contributed by atoms with van der Waals surface area (Å²) in [5.74, 6) is 0.748. The predicted octanol–water partition coefficient (Wildman–Crippen LogP) is 4.09. The Morgan fingerprint density at radius 1 is 1.08 bits per heavy atom. The van der Waals surface area contributed by atoms with Crippen molar-refractivity contribution in [2.45, 2.75) is 18.6 Å². The molecule has 1 atom stereocenters. The normalized spacial score (nSPS) is 17.6. The lowest BCUT2D eigenvalue weighted by Gasteiger charge is -2.15. The second-order valence-electron chi connectivity index (χ2n) is 6.33. The first-order chi connectivity index (χ1) is 12.5. The molecule has 1 aliphatic rings. The minimum Gasteiger partial charge on any atom is -0.365 e. The van der Waals surface area contributed by atoms with Gasteiger partial charge in [-0.2, -0.15) is 13.2 Å². The topological polar surface area (TPSA) is 49.8 Å². The summed E-state index contributed by atoms with van der Waals surface area (Å²) in [6, 6.07) is 9.15. The maximum atomic E-state index is 12.8. The number of anilines is 1. The van der Waals surface area contributed by atoms with Gasteiger partial charge in [-0.05, 0) is 42.8 Å². The lowest BCUT2D eigenvalue weighted by Crippen LogP contribution is -2.22. The molecule has 134 valence electrons. The SMILES string of the molecule is FC(F)(F)c1ccc(-c2cnc(N[C@H]3CCNC3)c3cccnc23)cc1. The molecule has 0 unspecified atom stereocenters. The van der Waals surface area contributed by atoms with E-state index in [0.717, 1.165) is 48.4 Å². The zero-order valence-corrected chi connectivity index (χ0v) is 13.8. The van der Waals surface area contributed by atoms with E-state index >= 15 is 0 Å². The van der Waals surface area contributed by atoms with Crippen LogP contribution in [0.25, 0.3) is 22.0 Å². The third-order valence-corrected chi connectivity index (χ3v) is 4.57. The summed E-state index contributed by atoms with van der Waals surface area (Å²) in [6.07, 6.45) is 0.0176. The second-order valence-corrected chi connectivity index (χ2v) is 6.33. The van der Waals surface area contributed by atoms with Crippen LogP contribution in [0.1, 0.15) is 12.0 Å². The Morgan fingerprint density at radius 2 is 1.88 bits per heavy atom. The Kier molecular flexibility index (Phi) is 4.24. The zero-order valence-electron chi connectivity index (χ0n) is 13.8. The van der Waals surface area contributed by atoms with Crippen molar-refractivity contribution in [2.24, 2.45) is 0 Å². The number of benzene rings is 1. The first-order valence-corrected chi connectivity index (χ1v) is 8.41.